The molecule has 0 aliphatic carbocycles. The Hall–Kier alpha value is -1.07. The van der Waals surface area contributed by atoms with Crippen LogP contribution in [0.2, 0.25) is 0 Å². The van der Waals surface area contributed by atoms with E-state index < -0.39 is 15.1 Å². The Morgan fingerprint density at radius 1 is 1.35 bits per heavy atom. The van der Waals surface area contributed by atoms with Crippen molar-refractivity contribution in [2.45, 2.75) is 23.5 Å². The topological polar surface area (TPSA) is 55.4 Å². The minimum Gasteiger partial charge on any atom is -0.492 e. The van der Waals surface area contributed by atoms with Crippen molar-refractivity contribution < 1.29 is 13.2 Å². The molecule has 0 spiro atoms. The molecule has 17 heavy (non-hydrogen) atoms. The molecule has 92 valence electrons. The van der Waals surface area contributed by atoms with E-state index in [1.807, 2.05) is 24.3 Å². The van der Waals surface area contributed by atoms with Gasteiger partial charge in [0.2, 0.25) is 0 Å². The van der Waals surface area contributed by atoms with Gasteiger partial charge in [0.15, 0.2) is 9.84 Å². The van der Waals surface area contributed by atoms with Crippen molar-refractivity contribution in [1.29, 1.82) is 0 Å². The molecule has 2 aliphatic heterocycles. The van der Waals surface area contributed by atoms with E-state index in [2.05, 4.69) is 5.32 Å². The third kappa shape index (κ3) is 1.57. The van der Waals surface area contributed by atoms with E-state index in [-0.39, 0.29) is 17.9 Å². The van der Waals surface area contributed by atoms with Crippen LogP contribution in [0.1, 0.15) is 18.5 Å². The summed E-state index contributed by atoms with van der Waals surface area (Å²) < 4.78 is 30.0. The number of ether oxygens (including phenoxy) is 1. The van der Waals surface area contributed by atoms with Gasteiger partial charge in [-0.05, 0) is 13.0 Å². The normalized spacial score (nSPS) is 34.3. The highest BCUT2D eigenvalue weighted by Crippen LogP contribution is 2.37. The SMILES string of the molecule is CC1CNC2c3ccccc3OCC2S1(=O)=O. The van der Waals surface area contributed by atoms with E-state index in [9.17, 15) is 8.42 Å². The summed E-state index contributed by atoms with van der Waals surface area (Å²) >= 11 is 0. The van der Waals surface area contributed by atoms with Crippen LogP contribution in [0.15, 0.2) is 24.3 Å². The summed E-state index contributed by atoms with van der Waals surface area (Å²) in [5.74, 6) is 0.797. The fraction of sp³-hybridized carbons (Fsp3) is 0.500. The molecular weight excluding hydrogens is 238 g/mol. The number of sulfone groups is 1. The van der Waals surface area contributed by atoms with Crippen molar-refractivity contribution in [2.24, 2.45) is 0 Å². The molecule has 0 amide bonds. The van der Waals surface area contributed by atoms with Crippen molar-refractivity contribution in [3.63, 3.8) is 0 Å². The lowest BCUT2D eigenvalue weighted by molar-refractivity contribution is 0.247. The van der Waals surface area contributed by atoms with Gasteiger partial charge in [-0.15, -0.1) is 0 Å². The van der Waals surface area contributed by atoms with Crippen LogP contribution in [0.4, 0.5) is 0 Å². The predicted molar refractivity (Wildman–Crippen MR) is 64.9 cm³/mol. The minimum absolute atomic E-state index is 0.124. The second-order valence-corrected chi connectivity index (χ2v) is 7.26. The Balaban J connectivity index is 2.07. The van der Waals surface area contributed by atoms with Crippen molar-refractivity contribution in [2.75, 3.05) is 13.2 Å². The van der Waals surface area contributed by atoms with E-state index in [4.69, 9.17) is 4.74 Å². The third-order valence-electron chi connectivity index (χ3n) is 3.64. The first kappa shape index (κ1) is 11.0. The Labute approximate surface area is 101 Å². The Bertz CT molecular complexity index is 540. The zero-order valence-electron chi connectivity index (χ0n) is 9.59. The highest BCUT2D eigenvalue weighted by Gasteiger charge is 2.45. The van der Waals surface area contributed by atoms with E-state index in [0.717, 1.165) is 11.3 Å². The first-order valence-electron chi connectivity index (χ1n) is 5.78. The largest absolute Gasteiger partial charge is 0.492 e. The van der Waals surface area contributed by atoms with E-state index >= 15 is 0 Å². The monoisotopic (exact) mass is 253 g/mol. The molecular formula is C12H15NO3S. The number of rotatable bonds is 0. The predicted octanol–water partition coefficient (Wildman–Crippen LogP) is 0.895. The molecule has 2 aliphatic rings. The third-order valence-corrected chi connectivity index (χ3v) is 6.18. The molecule has 4 nitrogen and oxygen atoms in total. The molecule has 1 aromatic rings. The summed E-state index contributed by atoms with van der Waals surface area (Å²) in [4.78, 5) is 0. The van der Waals surface area contributed by atoms with Gasteiger partial charge < -0.3 is 10.1 Å². The molecule has 0 radical (unpaired) electrons. The molecule has 2 heterocycles. The molecule has 5 heteroatoms. The number of hydrogen-bond acceptors (Lipinski definition) is 4. The van der Waals surface area contributed by atoms with Gasteiger partial charge in [0, 0.05) is 12.1 Å². The molecule has 0 saturated carbocycles. The maximum Gasteiger partial charge on any atom is 0.162 e. The van der Waals surface area contributed by atoms with E-state index in [1.165, 1.54) is 0 Å². The fourth-order valence-corrected chi connectivity index (χ4v) is 4.38. The van der Waals surface area contributed by atoms with Crippen LogP contribution in [0.5, 0.6) is 5.75 Å². The fourth-order valence-electron chi connectivity index (χ4n) is 2.57. The molecule has 1 aromatic carbocycles. The van der Waals surface area contributed by atoms with Gasteiger partial charge in [-0.2, -0.15) is 0 Å². The van der Waals surface area contributed by atoms with Crippen molar-refractivity contribution >= 4 is 9.84 Å². The average molecular weight is 253 g/mol. The average Bonchev–Trinajstić information content (AvgIpc) is 2.33. The van der Waals surface area contributed by atoms with Gasteiger partial charge in [0.25, 0.3) is 0 Å². The molecule has 1 N–H and O–H groups in total. The van der Waals surface area contributed by atoms with E-state index in [1.54, 1.807) is 6.92 Å². The van der Waals surface area contributed by atoms with Crippen LogP contribution in [-0.4, -0.2) is 32.1 Å². The zero-order valence-corrected chi connectivity index (χ0v) is 10.4. The van der Waals surface area contributed by atoms with Crippen LogP contribution in [0.25, 0.3) is 0 Å². The second kappa shape index (κ2) is 3.71. The number of hydrogen-bond donors (Lipinski definition) is 1. The molecule has 0 aromatic heterocycles. The van der Waals surface area contributed by atoms with Crippen LogP contribution >= 0.6 is 0 Å². The zero-order chi connectivity index (χ0) is 12.0. The van der Waals surface area contributed by atoms with Crippen molar-refractivity contribution in [3.05, 3.63) is 29.8 Å². The summed E-state index contributed by atoms with van der Waals surface area (Å²) in [6.07, 6.45) is 0. The molecule has 1 fully saturated rings. The molecule has 3 unspecified atom stereocenters. The van der Waals surface area contributed by atoms with Gasteiger partial charge in [0.1, 0.15) is 17.6 Å². The standard InChI is InChI=1S/C12H15NO3S/c1-8-6-13-12-9-4-2-3-5-10(9)16-7-11(12)17(8,14)15/h2-5,8,11-13H,6-7H2,1H3. The maximum atomic E-state index is 12.2. The summed E-state index contributed by atoms with van der Waals surface area (Å²) in [5, 5.41) is 2.53. The van der Waals surface area contributed by atoms with Gasteiger partial charge in [0.05, 0.1) is 11.3 Å². The summed E-state index contributed by atoms with van der Waals surface area (Å²) in [5.41, 5.74) is 0.958. The maximum absolute atomic E-state index is 12.2. The lowest BCUT2D eigenvalue weighted by atomic mass is 10.00. The smallest absolute Gasteiger partial charge is 0.162 e. The van der Waals surface area contributed by atoms with Crippen molar-refractivity contribution in [1.82, 2.24) is 5.32 Å². The number of nitrogens with one attached hydrogen (secondary N) is 1. The first-order chi connectivity index (χ1) is 8.10. The minimum atomic E-state index is -3.09. The van der Waals surface area contributed by atoms with Gasteiger partial charge in [-0.1, -0.05) is 18.2 Å². The Morgan fingerprint density at radius 3 is 2.94 bits per heavy atom. The van der Waals surface area contributed by atoms with Crippen LogP contribution in [-0.2, 0) is 9.84 Å². The van der Waals surface area contributed by atoms with Gasteiger partial charge in [-0.25, -0.2) is 8.42 Å². The summed E-state index contributed by atoms with van der Waals surface area (Å²) in [6.45, 7) is 2.51. The number of fused-ring (bicyclic) bond motifs is 3. The lowest BCUT2D eigenvalue weighted by Gasteiger charge is -2.39. The molecule has 1 saturated heterocycles. The first-order valence-corrected chi connectivity index (χ1v) is 7.39. The van der Waals surface area contributed by atoms with Gasteiger partial charge in [-0.3, -0.25) is 0 Å². The molecule has 3 rings (SSSR count). The highest BCUT2D eigenvalue weighted by molar-refractivity contribution is 7.92. The van der Waals surface area contributed by atoms with Crippen LogP contribution in [0, 0.1) is 0 Å². The van der Waals surface area contributed by atoms with E-state index in [0.29, 0.717) is 6.54 Å². The summed E-state index contributed by atoms with van der Waals surface area (Å²) in [7, 11) is -3.09. The highest BCUT2D eigenvalue weighted by atomic mass is 32.2. The van der Waals surface area contributed by atoms with Crippen LogP contribution in [0.3, 0.4) is 0 Å². The quantitative estimate of drug-likeness (QED) is 0.746. The molecule has 0 bridgehead atoms. The Kier molecular flexibility index (Phi) is 2.41. The second-order valence-electron chi connectivity index (χ2n) is 4.67. The number of para-hydroxylation sites is 1. The lowest BCUT2D eigenvalue weighted by Crippen LogP contribution is -2.54. The van der Waals surface area contributed by atoms with Crippen molar-refractivity contribution in [3.8, 4) is 5.75 Å². The Morgan fingerprint density at radius 2 is 2.12 bits per heavy atom. The van der Waals surface area contributed by atoms with Gasteiger partial charge >= 0.3 is 0 Å². The van der Waals surface area contributed by atoms with Crippen LogP contribution < -0.4 is 10.1 Å². The number of benzene rings is 1. The molecule has 3 atom stereocenters. The summed E-state index contributed by atoms with van der Waals surface area (Å²) in [6, 6.07) is 7.51.